The SMILES string of the molecule is O=C(NCCCCCCl)c1cc([N+](=O)[O-])cc([N+](=O)[O-])c1. The fourth-order valence-corrected chi connectivity index (χ4v) is 1.83. The number of nitrogens with one attached hydrogen (secondary N) is 1. The van der Waals surface area contributed by atoms with Crippen molar-refractivity contribution in [1.29, 1.82) is 0 Å². The molecule has 21 heavy (non-hydrogen) atoms. The van der Waals surface area contributed by atoms with E-state index < -0.39 is 27.1 Å². The monoisotopic (exact) mass is 315 g/mol. The first-order valence-corrected chi connectivity index (χ1v) is 6.77. The molecule has 0 aliphatic rings. The Morgan fingerprint density at radius 1 is 1.05 bits per heavy atom. The lowest BCUT2D eigenvalue weighted by Crippen LogP contribution is -2.24. The molecule has 0 saturated carbocycles. The van der Waals surface area contributed by atoms with Crippen molar-refractivity contribution < 1.29 is 14.6 Å². The van der Waals surface area contributed by atoms with Gasteiger partial charge in [-0.25, -0.2) is 0 Å². The Morgan fingerprint density at radius 2 is 1.62 bits per heavy atom. The summed E-state index contributed by atoms with van der Waals surface area (Å²) in [5.74, 6) is -0.0296. The number of amides is 1. The smallest absolute Gasteiger partial charge is 0.277 e. The second kappa shape index (κ2) is 8.15. The van der Waals surface area contributed by atoms with Gasteiger partial charge in [-0.05, 0) is 12.8 Å². The highest BCUT2D eigenvalue weighted by Crippen LogP contribution is 2.22. The van der Waals surface area contributed by atoms with Crippen molar-refractivity contribution in [2.75, 3.05) is 12.4 Å². The van der Waals surface area contributed by atoms with Crippen LogP contribution < -0.4 is 5.32 Å². The highest BCUT2D eigenvalue weighted by molar-refractivity contribution is 6.17. The first-order chi connectivity index (χ1) is 9.95. The van der Waals surface area contributed by atoms with Gasteiger partial charge in [-0.1, -0.05) is 6.42 Å². The predicted octanol–water partition coefficient (Wildman–Crippen LogP) is 2.64. The van der Waals surface area contributed by atoms with Crippen LogP contribution >= 0.6 is 11.6 Å². The number of nitro benzene ring substituents is 2. The largest absolute Gasteiger partial charge is 0.352 e. The fourth-order valence-electron chi connectivity index (χ4n) is 1.64. The summed E-state index contributed by atoms with van der Waals surface area (Å²) in [6.45, 7) is 0.381. The number of carbonyl (C=O) groups excluding carboxylic acids is 1. The van der Waals surface area contributed by atoms with Gasteiger partial charge >= 0.3 is 0 Å². The first kappa shape index (κ1) is 16.8. The molecular formula is C12H14ClN3O5. The molecule has 8 nitrogen and oxygen atoms in total. The average molecular weight is 316 g/mol. The molecule has 0 bridgehead atoms. The molecule has 1 aromatic rings. The van der Waals surface area contributed by atoms with E-state index in [1.54, 1.807) is 0 Å². The van der Waals surface area contributed by atoms with Gasteiger partial charge in [0, 0.05) is 24.6 Å². The van der Waals surface area contributed by atoms with E-state index >= 15 is 0 Å². The maximum absolute atomic E-state index is 11.8. The van der Waals surface area contributed by atoms with E-state index in [1.807, 2.05) is 0 Å². The third-order valence-electron chi connectivity index (χ3n) is 2.68. The first-order valence-electron chi connectivity index (χ1n) is 6.23. The van der Waals surface area contributed by atoms with E-state index in [1.165, 1.54) is 0 Å². The number of hydrogen-bond donors (Lipinski definition) is 1. The van der Waals surface area contributed by atoms with Crippen LogP contribution in [0.25, 0.3) is 0 Å². The molecule has 1 amide bonds. The Balaban J connectivity index is 2.78. The maximum atomic E-state index is 11.8. The predicted molar refractivity (Wildman–Crippen MR) is 76.7 cm³/mol. The third-order valence-corrected chi connectivity index (χ3v) is 2.95. The van der Waals surface area contributed by atoms with E-state index in [9.17, 15) is 25.0 Å². The number of nitro groups is 2. The van der Waals surface area contributed by atoms with E-state index in [-0.39, 0.29) is 5.56 Å². The molecule has 0 aromatic heterocycles. The van der Waals surface area contributed by atoms with Gasteiger partial charge in [0.1, 0.15) is 0 Å². The summed E-state index contributed by atoms with van der Waals surface area (Å²) in [7, 11) is 0. The molecule has 114 valence electrons. The summed E-state index contributed by atoms with van der Waals surface area (Å²) in [6, 6.07) is 2.85. The summed E-state index contributed by atoms with van der Waals surface area (Å²) in [4.78, 5) is 31.7. The summed E-state index contributed by atoms with van der Waals surface area (Å²) in [5.41, 5.74) is -1.08. The number of non-ortho nitro benzene ring substituents is 2. The zero-order valence-corrected chi connectivity index (χ0v) is 11.8. The fraction of sp³-hybridized carbons (Fsp3) is 0.417. The van der Waals surface area contributed by atoms with Crippen LogP contribution in [0.15, 0.2) is 18.2 Å². The molecule has 0 aliphatic heterocycles. The second-order valence-electron chi connectivity index (χ2n) is 4.26. The van der Waals surface area contributed by atoms with Crippen molar-refractivity contribution in [2.24, 2.45) is 0 Å². The van der Waals surface area contributed by atoms with Crippen LogP contribution in [0.2, 0.25) is 0 Å². The van der Waals surface area contributed by atoms with Gasteiger partial charge in [-0.2, -0.15) is 0 Å². The van der Waals surface area contributed by atoms with Crippen LogP contribution in [0, 0.1) is 20.2 Å². The van der Waals surface area contributed by atoms with Crippen molar-refractivity contribution >= 4 is 28.9 Å². The number of hydrogen-bond acceptors (Lipinski definition) is 5. The molecule has 0 heterocycles. The number of unbranched alkanes of at least 4 members (excludes halogenated alkanes) is 2. The standard InChI is InChI=1S/C12H14ClN3O5/c13-4-2-1-3-5-14-12(17)9-6-10(15(18)19)8-11(7-9)16(20)21/h6-8H,1-5H2,(H,14,17). The minimum Gasteiger partial charge on any atom is -0.352 e. The van der Waals surface area contributed by atoms with Crippen LogP contribution in [0.1, 0.15) is 29.6 Å². The van der Waals surface area contributed by atoms with Crippen molar-refractivity contribution in [3.8, 4) is 0 Å². The van der Waals surface area contributed by atoms with Gasteiger partial charge in [-0.15, -0.1) is 11.6 Å². The number of alkyl halides is 1. The lowest BCUT2D eigenvalue weighted by atomic mass is 10.1. The summed E-state index contributed by atoms with van der Waals surface area (Å²) in [5, 5.41) is 24.0. The third kappa shape index (κ3) is 5.35. The molecule has 0 aliphatic carbocycles. The van der Waals surface area contributed by atoms with E-state index in [2.05, 4.69) is 5.32 Å². The highest BCUT2D eigenvalue weighted by atomic mass is 35.5. The van der Waals surface area contributed by atoms with Crippen LogP contribution in [0.5, 0.6) is 0 Å². The summed E-state index contributed by atoms with van der Waals surface area (Å²) in [6.07, 6.45) is 2.40. The molecule has 1 rings (SSSR count). The average Bonchev–Trinajstić information content (AvgIpc) is 2.46. The Hall–Kier alpha value is -2.22. The zero-order chi connectivity index (χ0) is 15.8. The molecule has 0 radical (unpaired) electrons. The number of halogens is 1. The minimum atomic E-state index is -0.774. The van der Waals surface area contributed by atoms with Crippen LogP contribution in [-0.4, -0.2) is 28.2 Å². The Bertz CT molecular complexity index is 517. The molecule has 0 unspecified atom stereocenters. The van der Waals surface area contributed by atoms with Crippen LogP contribution in [0.3, 0.4) is 0 Å². The van der Waals surface area contributed by atoms with Gasteiger partial charge in [0.25, 0.3) is 17.3 Å². The Labute approximate surface area is 125 Å². The van der Waals surface area contributed by atoms with E-state index in [0.29, 0.717) is 12.4 Å². The van der Waals surface area contributed by atoms with Crippen molar-refractivity contribution in [3.05, 3.63) is 44.0 Å². The van der Waals surface area contributed by atoms with Crippen molar-refractivity contribution in [2.45, 2.75) is 19.3 Å². The topological polar surface area (TPSA) is 115 Å². The zero-order valence-electron chi connectivity index (χ0n) is 11.1. The lowest BCUT2D eigenvalue weighted by molar-refractivity contribution is -0.394. The van der Waals surface area contributed by atoms with Crippen LogP contribution in [0.4, 0.5) is 11.4 Å². The van der Waals surface area contributed by atoms with Crippen molar-refractivity contribution in [1.82, 2.24) is 5.32 Å². The van der Waals surface area contributed by atoms with Gasteiger partial charge in [0.05, 0.1) is 21.5 Å². The van der Waals surface area contributed by atoms with Crippen LogP contribution in [-0.2, 0) is 0 Å². The van der Waals surface area contributed by atoms with E-state index in [0.717, 1.165) is 37.5 Å². The summed E-state index contributed by atoms with van der Waals surface area (Å²) >= 11 is 5.52. The number of carbonyl (C=O) groups is 1. The molecule has 0 atom stereocenters. The molecule has 1 aromatic carbocycles. The van der Waals surface area contributed by atoms with Crippen molar-refractivity contribution in [3.63, 3.8) is 0 Å². The van der Waals surface area contributed by atoms with Gasteiger partial charge in [0.15, 0.2) is 0 Å². The molecule has 1 N–H and O–H groups in total. The maximum Gasteiger partial charge on any atom is 0.277 e. The Morgan fingerprint density at radius 3 is 2.10 bits per heavy atom. The van der Waals surface area contributed by atoms with E-state index in [4.69, 9.17) is 11.6 Å². The minimum absolute atomic E-state index is 0.103. The lowest BCUT2D eigenvalue weighted by Gasteiger charge is -2.05. The Kier molecular flexibility index (Phi) is 6.54. The molecule has 0 spiro atoms. The second-order valence-corrected chi connectivity index (χ2v) is 4.64. The molecule has 0 fully saturated rings. The highest BCUT2D eigenvalue weighted by Gasteiger charge is 2.19. The number of benzene rings is 1. The normalized spacial score (nSPS) is 10.1. The van der Waals surface area contributed by atoms with Gasteiger partial charge < -0.3 is 5.32 Å². The quantitative estimate of drug-likeness (QED) is 0.342. The number of nitrogens with zero attached hydrogens (tertiary/aromatic N) is 2. The molecular weight excluding hydrogens is 302 g/mol. The van der Waals surface area contributed by atoms with Gasteiger partial charge in [0.2, 0.25) is 0 Å². The molecule has 0 saturated heterocycles. The molecule has 9 heteroatoms. The number of rotatable bonds is 8. The van der Waals surface area contributed by atoms with Gasteiger partial charge in [-0.3, -0.25) is 25.0 Å². The summed E-state index contributed by atoms with van der Waals surface area (Å²) < 4.78 is 0.